The number of benzene rings is 1. The number of carbonyl (C=O) groups is 2. The Kier molecular flexibility index (Phi) is 5.02. The quantitative estimate of drug-likeness (QED) is 0.860. The molecule has 1 aromatic heterocycles. The van der Waals surface area contributed by atoms with Gasteiger partial charge in [0.2, 0.25) is 11.8 Å². The summed E-state index contributed by atoms with van der Waals surface area (Å²) in [6.07, 6.45) is 1.96. The zero-order valence-electron chi connectivity index (χ0n) is 14.4. The van der Waals surface area contributed by atoms with E-state index in [4.69, 9.17) is 4.74 Å². The van der Waals surface area contributed by atoms with Crippen LogP contribution in [0.1, 0.15) is 36.2 Å². The molecule has 7 nitrogen and oxygen atoms in total. The van der Waals surface area contributed by atoms with Gasteiger partial charge in [-0.05, 0) is 17.7 Å². The number of aromatic amines is 1. The van der Waals surface area contributed by atoms with Crippen LogP contribution in [0.25, 0.3) is 0 Å². The van der Waals surface area contributed by atoms with Gasteiger partial charge in [-0.15, -0.1) is 0 Å². The number of H-pyrrole nitrogens is 1. The number of hydrogen-bond donors (Lipinski definition) is 2. The molecular weight excluding hydrogens is 320 g/mol. The molecular formula is C18H22N4O3. The number of rotatable bonds is 5. The lowest BCUT2D eigenvalue weighted by Gasteiger charge is -2.32. The molecule has 0 saturated carbocycles. The lowest BCUT2D eigenvalue weighted by Crippen LogP contribution is -2.40. The molecule has 1 atom stereocenters. The Morgan fingerprint density at radius 1 is 1.44 bits per heavy atom. The average Bonchev–Trinajstić information content (AvgIpc) is 3.09. The topological polar surface area (TPSA) is 87.3 Å². The minimum Gasteiger partial charge on any atom is -0.497 e. The van der Waals surface area contributed by atoms with Crippen molar-refractivity contribution in [1.82, 2.24) is 20.2 Å². The normalized spacial score (nSPS) is 16.2. The molecule has 2 aromatic rings. The summed E-state index contributed by atoms with van der Waals surface area (Å²) in [5.74, 6) is 0.664. The SMILES string of the molecule is COc1cccc(C2CN(C(=O)CCNC(C)=O)Cc3[nH]cnc32)c1. The van der Waals surface area contributed by atoms with E-state index >= 15 is 0 Å². The van der Waals surface area contributed by atoms with E-state index in [1.807, 2.05) is 29.2 Å². The largest absolute Gasteiger partial charge is 0.497 e. The maximum absolute atomic E-state index is 12.5. The van der Waals surface area contributed by atoms with E-state index in [-0.39, 0.29) is 24.2 Å². The summed E-state index contributed by atoms with van der Waals surface area (Å²) in [5.41, 5.74) is 2.98. The lowest BCUT2D eigenvalue weighted by atomic mass is 9.90. The van der Waals surface area contributed by atoms with Gasteiger partial charge in [0.05, 0.1) is 31.4 Å². The molecule has 132 valence electrons. The van der Waals surface area contributed by atoms with E-state index in [1.165, 1.54) is 6.92 Å². The highest BCUT2D eigenvalue weighted by Crippen LogP contribution is 2.33. The summed E-state index contributed by atoms with van der Waals surface area (Å²) in [5, 5.41) is 2.66. The van der Waals surface area contributed by atoms with Crippen molar-refractivity contribution >= 4 is 11.8 Å². The van der Waals surface area contributed by atoms with Gasteiger partial charge in [0, 0.05) is 32.4 Å². The van der Waals surface area contributed by atoms with Crippen LogP contribution in [0.5, 0.6) is 5.75 Å². The Bertz CT molecular complexity index is 771. The van der Waals surface area contributed by atoms with Gasteiger partial charge < -0.3 is 19.9 Å². The molecule has 1 aliphatic rings. The predicted molar refractivity (Wildman–Crippen MR) is 92.1 cm³/mol. The van der Waals surface area contributed by atoms with Gasteiger partial charge in [-0.3, -0.25) is 9.59 Å². The molecule has 2 heterocycles. The molecule has 2 amide bonds. The average molecular weight is 342 g/mol. The smallest absolute Gasteiger partial charge is 0.224 e. The van der Waals surface area contributed by atoms with Crippen molar-refractivity contribution in [3.05, 3.63) is 47.5 Å². The first-order valence-corrected chi connectivity index (χ1v) is 8.26. The molecule has 1 aromatic carbocycles. The van der Waals surface area contributed by atoms with Gasteiger partial charge in [-0.2, -0.15) is 0 Å². The summed E-state index contributed by atoms with van der Waals surface area (Å²) < 4.78 is 5.32. The molecule has 0 bridgehead atoms. The summed E-state index contributed by atoms with van der Waals surface area (Å²) in [6.45, 7) is 2.87. The molecule has 7 heteroatoms. The summed E-state index contributed by atoms with van der Waals surface area (Å²) in [6, 6.07) is 7.84. The van der Waals surface area contributed by atoms with Crippen molar-refractivity contribution < 1.29 is 14.3 Å². The molecule has 1 aliphatic heterocycles. The Morgan fingerprint density at radius 2 is 2.28 bits per heavy atom. The van der Waals surface area contributed by atoms with Crippen molar-refractivity contribution in [3.63, 3.8) is 0 Å². The monoisotopic (exact) mass is 342 g/mol. The zero-order valence-corrected chi connectivity index (χ0v) is 14.4. The molecule has 2 N–H and O–H groups in total. The molecule has 25 heavy (non-hydrogen) atoms. The van der Waals surface area contributed by atoms with Gasteiger partial charge in [-0.25, -0.2) is 4.98 Å². The second kappa shape index (κ2) is 7.38. The first-order chi connectivity index (χ1) is 12.1. The minimum absolute atomic E-state index is 0.00480. The van der Waals surface area contributed by atoms with Crippen molar-refractivity contribution in [2.75, 3.05) is 20.2 Å². The molecule has 0 fully saturated rings. The first-order valence-electron chi connectivity index (χ1n) is 8.26. The van der Waals surface area contributed by atoms with E-state index in [0.29, 0.717) is 19.6 Å². The van der Waals surface area contributed by atoms with E-state index in [0.717, 1.165) is 22.7 Å². The van der Waals surface area contributed by atoms with Gasteiger partial charge in [0.1, 0.15) is 5.75 Å². The number of fused-ring (bicyclic) bond motifs is 1. The van der Waals surface area contributed by atoms with Crippen molar-refractivity contribution in [1.29, 1.82) is 0 Å². The van der Waals surface area contributed by atoms with Gasteiger partial charge in [0.25, 0.3) is 0 Å². The number of carbonyl (C=O) groups excluding carboxylic acids is 2. The highest BCUT2D eigenvalue weighted by atomic mass is 16.5. The molecule has 0 saturated heterocycles. The highest BCUT2D eigenvalue weighted by Gasteiger charge is 2.31. The third kappa shape index (κ3) is 3.81. The molecule has 1 unspecified atom stereocenters. The van der Waals surface area contributed by atoms with Crippen LogP contribution in [0.15, 0.2) is 30.6 Å². The van der Waals surface area contributed by atoms with Crippen LogP contribution >= 0.6 is 0 Å². The number of nitrogens with zero attached hydrogens (tertiary/aromatic N) is 2. The van der Waals surface area contributed by atoms with Crippen LogP contribution in [-0.2, 0) is 16.1 Å². The number of nitrogens with one attached hydrogen (secondary N) is 2. The van der Waals surface area contributed by atoms with E-state index in [2.05, 4.69) is 15.3 Å². The van der Waals surface area contributed by atoms with Crippen LogP contribution in [0, 0.1) is 0 Å². The van der Waals surface area contributed by atoms with Crippen LogP contribution in [0.2, 0.25) is 0 Å². The number of imidazole rings is 1. The Morgan fingerprint density at radius 3 is 3.04 bits per heavy atom. The molecule has 0 radical (unpaired) electrons. The third-order valence-electron chi connectivity index (χ3n) is 4.40. The number of hydrogen-bond acceptors (Lipinski definition) is 4. The second-order valence-corrected chi connectivity index (χ2v) is 6.10. The van der Waals surface area contributed by atoms with Crippen molar-refractivity contribution in [2.24, 2.45) is 0 Å². The maximum atomic E-state index is 12.5. The Hall–Kier alpha value is -2.83. The summed E-state index contributed by atoms with van der Waals surface area (Å²) in [7, 11) is 1.64. The Labute approximate surface area is 146 Å². The number of ether oxygens (including phenoxy) is 1. The fourth-order valence-corrected chi connectivity index (χ4v) is 3.14. The van der Waals surface area contributed by atoms with Crippen molar-refractivity contribution in [2.45, 2.75) is 25.8 Å². The number of aromatic nitrogens is 2. The fourth-order valence-electron chi connectivity index (χ4n) is 3.14. The van der Waals surface area contributed by atoms with Crippen LogP contribution in [0.4, 0.5) is 0 Å². The summed E-state index contributed by atoms with van der Waals surface area (Å²) >= 11 is 0. The summed E-state index contributed by atoms with van der Waals surface area (Å²) in [4.78, 5) is 32.9. The molecule has 0 spiro atoms. The first kappa shape index (κ1) is 17.0. The van der Waals surface area contributed by atoms with Gasteiger partial charge >= 0.3 is 0 Å². The second-order valence-electron chi connectivity index (χ2n) is 6.10. The van der Waals surface area contributed by atoms with Crippen LogP contribution < -0.4 is 10.1 Å². The number of methoxy groups -OCH3 is 1. The fraction of sp³-hybridized carbons (Fsp3) is 0.389. The van der Waals surface area contributed by atoms with E-state index in [9.17, 15) is 9.59 Å². The van der Waals surface area contributed by atoms with E-state index in [1.54, 1.807) is 13.4 Å². The van der Waals surface area contributed by atoms with Crippen molar-refractivity contribution in [3.8, 4) is 5.75 Å². The zero-order chi connectivity index (χ0) is 17.8. The maximum Gasteiger partial charge on any atom is 0.224 e. The van der Waals surface area contributed by atoms with Crippen LogP contribution in [-0.4, -0.2) is 46.9 Å². The van der Waals surface area contributed by atoms with E-state index < -0.39 is 0 Å². The highest BCUT2D eigenvalue weighted by molar-refractivity contribution is 5.78. The third-order valence-corrected chi connectivity index (χ3v) is 4.40. The molecule has 0 aliphatic carbocycles. The minimum atomic E-state index is -0.128. The number of amides is 2. The van der Waals surface area contributed by atoms with Gasteiger partial charge in [-0.1, -0.05) is 12.1 Å². The lowest BCUT2D eigenvalue weighted by molar-refractivity contribution is -0.132. The van der Waals surface area contributed by atoms with Crippen LogP contribution in [0.3, 0.4) is 0 Å². The Balaban J connectivity index is 1.79. The predicted octanol–water partition coefficient (Wildman–Crippen LogP) is 1.42. The standard InChI is InChI=1S/C18H22N4O3/c1-12(23)19-7-6-17(24)22-9-15(18-16(10-22)20-11-21-18)13-4-3-5-14(8-13)25-2/h3-5,8,11,15H,6-7,9-10H2,1-2H3,(H,19,23)(H,20,21). The molecule has 3 rings (SSSR count). The van der Waals surface area contributed by atoms with Gasteiger partial charge in [0.15, 0.2) is 0 Å².